The molecule has 0 bridgehead atoms. The highest BCUT2D eigenvalue weighted by molar-refractivity contribution is 6.10. The van der Waals surface area contributed by atoms with Crippen molar-refractivity contribution >= 4 is 38.9 Å². The molecule has 0 radical (unpaired) electrons. The first-order valence-electron chi connectivity index (χ1n) is 18.4. The molecule has 8 aromatic carbocycles. The van der Waals surface area contributed by atoms with Crippen LogP contribution in [0.5, 0.6) is 0 Å². The smallest absolute Gasteiger partial charge is 0.0541 e. The van der Waals surface area contributed by atoms with Gasteiger partial charge in [-0.25, -0.2) is 0 Å². The molecule has 0 amide bonds. The largest absolute Gasteiger partial charge is 1.00 e. The number of benzene rings is 8. The normalized spacial score (nSPS) is 12.9. The Morgan fingerprint density at radius 1 is 0.396 bits per heavy atom. The topological polar surface area (TPSA) is 8.17 Å². The van der Waals surface area contributed by atoms with Crippen LogP contribution in [0, 0.1) is 0 Å². The number of aromatic nitrogens is 1. The van der Waals surface area contributed by atoms with Crippen LogP contribution in [-0.2, 0) is 5.41 Å². The van der Waals surface area contributed by atoms with E-state index < -0.39 is 0 Å². The van der Waals surface area contributed by atoms with Crippen LogP contribution in [0.1, 0.15) is 26.4 Å². The van der Waals surface area contributed by atoms with Gasteiger partial charge in [-0.05, 0) is 111 Å². The van der Waals surface area contributed by atoms with Crippen molar-refractivity contribution in [2.75, 3.05) is 4.90 Å². The van der Waals surface area contributed by atoms with Crippen LogP contribution < -0.4 is 4.90 Å². The highest BCUT2D eigenvalue weighted by Gasteiger charge is 2.35. The van der Waals surface area contributed by atoms with Gasteiger partial charge >= 0.3 is 0 Å². The number of anilines is 3. The van der Waals surface area contributed by atoms with Gasteiger partial charge in [-0.3, -0.25) is 0 Å². The van der Waals surface area contributed by atoms with E-state index in [1.54, 1.807) is 0 Å². The molecule has 0 aliphatic heterocycles. The monoisotopic (exact) mass is 679 g/mol. The van der Waals surface area contributed by atoms with Gasteiger partial charge in [0, 0.05) is 38.9 Å². The van der Waals surface area contributed by atoms with Crippen molar-refractivity contribution in [2.45, 2.75) is 19.3 Å². The lowest BCUT2D eigenvalue weighted by Crippen LogP contribution is -2.16. The quantitative estimate of drug-likeness (QED) is 0.170. The maximum Gasteiger partial charge on any atom is 0.0541 e. The average Bonchev–Trinajstić information content (AvgIpc) is 3.67. The zero-order valence-corrected chi connectivity index (χ0v) is 29.9. The second-order valence-electron chi connectivity index (χ2n) is 14.6. The second-order valence-corrected chi connectivity index (χ2v) is 14.6. The van der Waals surface area contributed by atoms with Gasteiger partial charge in [-0.2, -0.15) is 0 Å². The van der Waals surface area contributed by atoms with Gasteiger partial charge in [0.1, 0.15) is 0 Å². The second kappa shape index (κ2) is 12.3. The van der Waals surface area contributed by atoms with Crippen molar-refractivity contribution in [1.82, 2.24) is 4.57 Å². The lowest BCUT2D eigenvalue weighted by molar-refractivity contribution is 0.660. The Labute approximate surface area is 312 Å². The number of fused-ring (bicyclic) bond motifs is 6. The molecule has 1 aromatic heterocycles. The Bertz CT molecular complexity index is 2780. The van der Waals surface area contributed by atoms with E-state index in [0.29, 0.717) is 0 Å². The standard InChI is InChI=1S/C51H38N2.H/c1-51(2)47-19-11-9-17-43(47)44-31-30-42(34-48(44)51)52(40-26-21-36(22-27-40)35-13-5-3-6-14-35)41-28-23-37(24-29-41)38-25-32-50-46(33-38)45-18-10-12-20-49(45)53(50)39-15-7-4-8-16-39;/h3-34H,1-2H3;/q;-1. The van der Waals surface area contributed by atoms with Gasteiger partial charge in [0.05, 0.1) is 11.0 Å². The fourth-order valence-electron chi connectivity index (χ4n) is 8.52. The predicted octanol–water partition coefficient (Wildman–Crippen LogP) is 14.0. The maximum atomic E-state index is 2.41. The molecule has 0 unspecified atom stereocenters. The summed E-state index contributed by atoms with van der Waals surface area (Å²) >= 11 is 0. The van der Waals surface area contributed by atoms with E-state index in [1.165, 1.54) is 72.0 Å². The third-order valence-electron chi connectivity index (χ3n) is 11.2. The van der Waals surface area contributed by atoms with Gasteiger partial charge in [-0.1, -0.05) is 141 Å². The minimum Gasteiger partial charge on any atom is -1.00 e. The summed E-state index contributed by atoms with van der Waals surface area (Å²) in [6.45, 7) is 4.70. The lowest BCUT2D eigenvalue weighted by Gasteiger charge is -2.28. The van der Waals surface area contributed by atoms with Crippen molar-refractivity contribution in [3.05, 3.63) is 205 Å². The first kappa shape index (κ1) is 31.1. The summed E-state index contributed by atoms with van der Waals surface area (Å²) in [5.74, 6) is 0. The summed E-state index contributed by atoms with van der Waals surface area (Å²) in [7, 11) is 0. The zero-order chi connectivity index (χ0) is 35.5. The van der Waals surface area contributed by atoms with Crippen LogP contribution in [0.25, 0.3) is 60.9 Å². The van der Waals surface area contributed by atoms with Gasteiger partial charge < -0.3 is 10.9 Å². The molecule has 0 spiro atoms. The minimum atomic E-state index is -0.0864. The molecule has 53 heavy (non-hydrogen) atoms. The van der Waals surface area contributed by atoms with Crippen molar-refractivity contribution in [3.63, 3.8) is 0 Å². The van der Waals surface area contributed by atoms with E-state index in [1.807, 2.05) is 0 Å². The molecule has 2 nitrogen and oxygen atoms in total. The molecule has 9 aromatic rings. The van der Waals surface area contributed by atoms with Crippen molar-refractivity contribution < 1.29 is 1.43 Å². The molecule has 10 rings (SSSR count). The number of para-hydroxylation sites is 2. The Morgan fingerprint density at radius 2 is 0.925 bits per heavy atom. The summed E-state index contributed by atoms with van der Waals surface area (Å²) < 4.78 is 2.37. The van der Waals surface area contributed by atoms with Crippen molar-refractivity contribution in [3.8, 4) is 39.1 Å². The number of rotatable bonds is 6. The van der Waals surface area contributed by atoms with E-state index in [9.17, 15) is 0 Å². The molecule has 0 saturated carbocycles. The molecule has 0 N–H and O–H groups in total. The van der Waals surface area contributed by atoms with E-state index >= 15 is 0 Å². The average molecular weight is 680 g/mol. The Balaban J connectivity index is 0.00000384. The number of hydrogen-bond donors (Lipinski definition) is 0. The predicted molar refractivity (Wildman–Crippen MR) is 225 cm³/mol. The Morgan fingerprint density at radius 3 is 1.66 bits per heavy atom. The molecular weight excluding hydrogens is 641 g/mol. The highest BCUT2D eigenvalue weighted by Crippen LogP contribution is 2.50. The van der Waals surface area contributed by atoms with Crippen LogP contribution in [-0.4, -0.2) is 4.57 Å². The summed E-state index contributed by atoms with van der Waals surface area (Å²) in [5, 5.41) is 2.52. The SMILES string of the molecule is CC1(C)c2ccccc2-c2ccc(N(c3ccc(-c4ccccc4)cc3)c3ccc(-c4ccc5c(c4)c4ccccc4n5-c4ccccc4)cc3)cc21.[H-]. The fourth-order valence-corrected chi connectivity index (χ4v) is 8.52. The summed E-state index contributed by atoms with van der Waals surface area (Å²) in [6.07, 6.45) is 0. The molecule has 254 valence electrons. The molecule has 0 fully saturated rings. The Hall–Kier alpha value is -6.64. The number of hydrogen-bond acceptors (Lipinski definition) is 1. The van der Waals surface area contributed by atoms with Crippen LogP contribution in [0.4, 0.5) is 17.1 Å². The fraction of sp³-hybridized carbons (Fsp3) is 0.0588. The molecule has 1 aliphatic carbocycles. The van der Waals surface area contributed by atoms with Gasteiger partial charge in [0.2, 0.25) is 0 Å². The zero-order valence-electron chi connectivity index (χ0n) is 30.9. The number of nitrogens with zero attached hydrogens (tertiary/aromatic N) is 2. The van der Waals surface area contributed by atoms with E-state index in [2.05, 4.69) is 217 Å². The van der Waals surface area contributed by atoms with Crippen LogP contribution in [0.2, 0.25) is 0 Å². The molecular formula is C51H39N2-. The van der Waals surface area contributed by atoms with Crippen molar-refractivity contribution in [1.29, 1.82) is 0 Å². The molecule has 1 aliphatic rings. The third kappa shape index (κ3) is 5.10. The van der Waals surface area contributed by atoms with Crippen molar-refractivity contribution in [2.24, 2.45) is 0 Å². The van der Waals surface area contributed by atoms with Gasteiger partial charge in [-0.15, -0.1) is 0 Å². The lowest BCUT2D eigenvalue weighted by atomic mass is 9.82. The van der Waals surface area contributed by atoms with E-state index in [-0.39, 0.29) is 6.84 Å². The summed E-state index contributed by atoms with van der Waals surface area (Å²) in [4.78, 5) is 2.40. The van der Waals surface area contributed by atoms with E-state index in [0.717, 1.165) is 17.1 Å². The maximum absolute atomic E-state index is 2.41. The molecule has 0 atom stereocenters. The van der Waals surface area contributed by atoms with Gasteiger partial charge in [0.25, 0.3) is 0 Å². The Kier molecular flexibility index (Phi) is 7.19. The van der Waals surface area contributed by atoms with Crippen LogP contribution >= 0.6 is 0 Å². The highest BCUT2D eigenvalue weighted by atomic mass is 15.1. The third-order valence-corrected chi connectivity index (χ3v) is 11.2. The van der Waals surface area contributed by atoms with Gasteiger partial charge in [0.15, 0.2) is 0 Å². The summed E-state index contributed by atoms with van der Waals surface area (Å²) in [5.41, 5.74) is 17.2. The molecule has 1 heterocycles. The van der Waals surface area contributed by atoms with Crippen LogP contribution in [0.3, 0.4) is 0 Å². The molecule has 2 heteroatoms. The molecule has 0 saturated heterocycles. The first-order valence-corrected chi connectivity index (χ1v) is 18.4. The first-order chi connectivity index (χ1) is 26.0. The van der Waals surface area contributed by atoms with Crippen LogP contribution in [0.15, 0.2) is 194 Å². The minimum absolute atomic E-state index is 0. The van der Waals surface area contributed by atoms with E-state index in [4.69, 9.17) is 0 Å². The summed E-state index contributed by atoms with van der Waals surface area (Å²) in [6, 6.07) is 70.8.